The maximum absolute atomic E-state index is 11.1. The Balaban J connectivity index is 3.93. The number of aliphatic hydroxyl groups is 1. The molecule has 0 aromatic heterocycles. The van der Waals surface area contributed by atoms with Gasteiger partial charge in [-0.15, -0.1) is 6.58 Å². The van der Waals surface area contributed by atoms with Gasteiger partial charge in [-0.2, -0.15) is 0 Å². The SMILES string of the molecule is C=C(C)CCC(C)(O)CC(=O)OCC. The van der Waals surface area contributed by atoms with Gasteiger partial charge in [-0.1, -0.05) is 5.57 Å². The lowest BCUT2D eigenvalue weighted by molar-refractivity contribution is -0.148. The molecule has 0 aliphatic rings. The molecule has 3 nitrogen and oxygen atoms in total. The molecule has 0 rings (SSSR count). The molecule has 0 amide bonds. The van der Waals surface area contributed by atoms with Crippen LogP contribution in [0.4, 0.5) is 0 Å². The van der Waals surface area contributed by atoms with Crippen LogP contribution in [0.3, 0.4) is 0 Å². The summed E-state index contributed by atoms with van der Waals surface area (Å²) in [6.07, 6.45) is 1.32. The summed E-state index contributed by atoms with van der Waals surface area (Å²) < 4.78 is 4.76. The van der Waals surface area contributed by atoms with Gasteiger partial charge in [0.05, 0.1) is 18.6 Å². The van der Waals surface area contributed by atoms with Crippen LogP contribution in [0.5, 0.6) is 0 Å². The Kier molecular flexibility index (Phi) is 5.46. The van der Waals surface area contributed by atoms with Crippen LogP contribution in [0.2, 0.25) is 0 Å². The van der Waals surface area contributed by atoms with E-state index in [1.54, 1.807) is 13.8 Å². The lowest BCUT2D eigenvalue weighted by Gasteiger charge is -2.21. The predicted octanol–water partition coefficient (Wildman–Crippen LogP) is 2.05. The Morgan fingerprint density at radius 3 is 2.57 bits per heavy atom. The molecule has 1 atom stereocenters. The van der Waals surface area contributed by atoms with Crippen molar-refractivity contribution in [3.63, 3.8) is 0 Å². The van der Waals surface area contributed by atoms with Crippen LogP contribution in [0.1, 0.15) is 40.0 Å². The zero-order valence-corrected chi connectivity index (χ0v) is 9.30. The Morgan fingerprint density at radius 1 is 1.57 bits per heavy atom. The lowest BCUT2D eigenvalue weighted by atomic mass is 9.94. The standard InChI is InChI=1S/C11H20O3/c1-5-14-10(12)8-11(4,13)7-6-9(2)3/h13H,2,5-8H2,1,3-4H3. The van der Waals surface area contributed by atoms with Crippen LogP contribution in [-0.2, 0) is 9.53 Å². The summed E-state index contributed by atoms with van der Waals surface area (Å²) in [5.41, 5.74) is 0.0275. The first-order valence-electron chi connectivity index (χ1n) is 4.90. The van der Waals surface area contributed by atoms with Crippen LogP contribution in [0, 0.1) is 0 Å². The molecule has 3 heteroatoms. The third-order valence-corrected chi connectivity index (χ3v) is 1.92. The van der Waals surface area contributed by atoms with Crippen LogP contribution in [0.25, 0.3) is 0 Å². The van der Waals surface area contributed by atoms with E-state index in [-0.39, 0.29) is 12.4 Å². The first-order valence-corrected chi connectivity index (χ1v) is 4.90. The Hall–Kier alpha value is -0.830. The van der Waals surface area contributed by atoms with Gasteiger partial charge in [-0.05, 0) is 33.6 Å². The molecule has 0 aliphatic carbocycles. The van der Waals surface area contributed by atoms with Gasteiger partial charge in [0.2, 0.25) is 0 Å². The van der Waals surface area contributed by atoms with Crippen molar-refractivity contribution in [3.05, 3.63) is 12.2 Å². The fourth-order valence-electron chi connectivity index (χ4n) is 1.09. The van der Waals surface area contributed by atoms with Crippen molar-refractivity contribution >= 4 is 5.97 Å². The van der Waals surface area contributed by atoms with E-state index in [9.17, 15) is 9.90 Å². The Labute approximate surface area is 85.8 Å². The molecule has 0 fully saturated rings. The molecule has 0 aromatic carbocycles. The average molecular weight is 200 g/mol. The summed E-state index contributed by atoms with van der Waals surface area (Å²) >= 11 is 0. The van der Waals surface area contributed by atoms with Crippen LogP contribution < -0.4 is 0 Å². The molecule has 1 unspecified atom stereocenters. The second-order valence-electron chi connectivity index (χ2n) is 3.94. The maximum atomic E-state index is 11.1. The number of carbonyl (C=O) groups excluding carboxylic acids is 1. The summed E-state index contributed by atoms with van der Waals surface area (Å²) in [6, 6.07) is 0. The van der Waals surface area contributed by atoms with Crippen molar-refractivity contribution in [1.29, 1.82) is 0 Å². The predicted molar refractivity (Wildman–Crippen MR) is 55.9 cm³/mol. The van der Waals surface area contributed by atoms with Gasteiger partial charge in [0.15, 0.2) is 0 Å². The van der Waals surface area contributed by atoms with Gasteiger partial charge in [0.25, 0.3) is 0 Å². The molecular formula is C11H20O3. The second-order valence-corrected chi connectivity index (χ2v) is 3.94. The van der Waals surface area contributed by atoms with Crippen LogP contribution in [0.15, 0.2) is 12.2 Å². The van der Waals surface area contributed by atoms with Crippen molar-refractivity contribution in [2.24, 2.45) is 0 Å². The van der Waals surface area contributed by atoms with E-state index < -0.39 is 5.60 Å². The van der Waals surface area contributed by atoms with Gasteiger partial charge in [0.1, 0.15) is 0 Å². The number of esters is 1. The molecule has 0 radical (unpaired) electrons. The molecule has 82 valence electrons. The monoisotopic (exact) mass is 200 g/mol. The minimum atomic E-state index is -0.981. The highest BCUT2D eigenvalue weighted by atomic mass is 16.5. The lowest BCUT2D eigenvalue weighted by Crippen LogP contribution is -2.28. The van der Waals surface area contributed by atoms with Crippen LogP contribution in [-0.4, -0.2) is 23.3 Å². The van der Waals surface area contributed by atoms with E-state index >= 15 is 0 Å². The molecule has 0 saturated heterocycles. The fraction of sp³-hybridized carbons (Fsp3) is 0.727. The first-order chi connectivity index (χ1) is 6.37. The van der Waals surface area contributed by atoms with Crippen molar-refractivity contribution in [3.8, 4) is 0 Å². The number of hydrogen-bond donors (Lipinski definition) is 1. The molecule has 0 aliphatic heterocycles. The van der Waals surface area contributed by atoms with Gasteiger partial charge >= 0.3 is 5.97 Å². The van der Waals surface area contributed by atoms with E-state index in [1.807, 2.05) is 6.92 Å². The number of allylic oxidation sites excluding steroid dienone is 1. The zero-order chi connectivity index (χ0) is 11.2. The number of hydrogen-bond acceptors (Lipinski definition) is 3. The highest BCUT2D eigenvalue weighted by Crippen LogP contribution is 2.19. The fourth-order valence-corrected chi connectivity index (χ4v) is 1.09. The van der Waals surface area contributed by atoms with Crippen molar-refractivity contribution in [1.82, 2.24) is 0 Å². The highest BCUT2D eigenvalue weighted by Gasteiger charge is 2.24. The van der Waals surface area contributed by atoms with Gasteiger partial charge in [-0.3, -0.25) is 4.79 Å². The molecule has 0 aromatic rings. The summed E-state index contributed by atoms with van der Waals surface area (Å²) in [5.74, 6) is -0.348. The average Bonchev–Trinajstić information content (AvgIpc) is 2.00. The molecule has 0 bridgehead atoms. The molecule has 0 heterocycles. The van der Waals surface area contributed by atoms with E-state index in [1.165, 1.54) is 0 Å². The van der Waals surface area contributed by atoms with Crippen molar-refractivity contribution in [2.45, 2.75) is 45.6 Å². The second kappa shape index (κ2) is 5.81. The minimum absolute atomic E-state index is 0.0497. The zero-order valence-electron chi connectivity index (χ0n) is 9.30. The van der Waals surface area contributed by atoms with Crippen LogP contribution >= 0.6 is 0 Å². The number of ether oxygens (including phenoxy) is 1. The summed E-state index contributed by atoms with van der Waals surface area (Å²) in [6.45, 7) is 9.40. The molecular weight excluding hydrogens is 180 g/mol. The largest absolute Gasteiger partial charge is 0.466 e. The van der Waals surface area contributed by atoms with Crippen molar-refractivity contribution in [2.75, 3.05) is 6.61 Å². The highest BCUT2D eigenvalue weighted by molar-refractivity contribution is 5.70. The topological polar surface area (TPSA) is 46.5 Å². The summed E-state index contributed by atoms with van der Waals surface area (Å²) in [7, 11) is 0. The van der Waals surface area contributed by atoms with Crippen molar-refractivity contribution < 1.29 is 14.6 Å². The molecule has 0 spiro atoms. The number of rotatable bonds is 6. The summed E-state index contributed by atoms with van der Waals surface area (Å²) in [5, 5.41) is 9.82. The van der Waals surface area contributed by atoms with E-state index in [0.717, 1.165) is 12.0 Å². The van der Waals surface area contributed by atoms with Gasteiger partial charge in [-0.25, -0.2) is 0 Å². The normalized spacial score (nSPS) is 14.6. The Morgan fingerprint density at radius 2 is 2.14 bits per heavy atom. The smallest absolute Gasteiger partial charge is 0.308 e. The molecule has 1 N–H and O–H groups in total. The minimum Gasteiger partial charge on any atom is -0.466 e. The van der Waals surface area contributed by atoms with E-state index in [0.29, 0.717) is 13.0 Å². The maximum Gasteiger partial charge on any atom is 0.308 e. The Bertz CT molecular complexity index is 207. The molecule has 0 saturated carbocycles. The third-order valence-electron chi connectivity index (χ3n) is 1.92. The van der Waals surface area contributed by atoms with E-state index in [4.69, 9.17) is 4.74 Å². The third kappa shape index (κ3) is 6.66. The van der Waals surface area contributed by atoms with Gasteiger partial charge in [0, 0.05) is 0 Å². The first kappa shape index (κ1) is 13.2. The quantitative estimate of drug-likeness (QED) is 0.527. The molecule has 14 heavy (non-hydrogen) atoms. The summed E-state index contributed by atoms with van der Waals surface area (Å²) in [4.78, 5) is 11.1. The number of carbonyl (C=O) groups is 1. The van der Waals surface area contributed by atoms with E-state index in [2.05, 4.69) is 6.58 Å². The van der Waals surface area contributed by atoms with Gasteiger partial charge < -0.3 is 9.84 Å².